The van der Waals surface area contributed by atoms with Crippen LogP contribution in [0.5, 0.6) is 0 Å². The van der Waals surface area contributed by atoms with Crippen LogP contribution in [0.3, 0.4) is 0 Å². The number of hydrogen-bond donors (Lipinski definition) is 1. The van der Waals surface area contributed by atoms with Crippen molar-refractivity contribution < 1.29 is 0 Å². The molecule has 1 N–H and O–H groups in total. The lowest BCUT2D eigenvalue weighted by molar-refractivity contribution is 0.243. The second kappa shape index (κ2) is 6.65. The molecule has 1 saturated heterocycles. The molecule has 1 fully saturated rings. The number of nitrogens with zero attached hydrogens (tertiary/aromatic N) is 1. The third kappa shape index (κ3) is 3.78. The summed E-state index contributed by atoms with van der Waals surface area (Å²) in [5.41, 5.74) is 1.18. The van der Waals surface area contributed by atoms with E-state index in [0.29, 0.717) is 6.04 Å². The van der Waals surface area contributed by atoms with Crippen molar-refractivity contribution in [3.63, 3.8) is 0 Å². The molecule has 2 nitrogen and oxygen atoms in total. The fourth-order valence-corrected chi connectivity index (χ4v) is 3.22. The van der Waals surface area contributed by atoms with Gasteiger partial charge in [-0.3, -0.25) is 4.90 Å². The highest BCUT2D eigenvalue weighted by molar-refractivity contribution is 14.1. The topological polar surface area (TPSA) is 15.3 Å². The van der Waals surface area contributed by atoms with Crippen molar-refractivity contribution in [1.82, 2.24) is 4.90 Å². The zero-order valence-electron chi connectivity index (χ0n) is 10.1. The van der Waals surface area contributed by atoms with Crippen molar-refractivity contribution in [2.24, 2.45) is 0 Å². The Bertz CT molecular complexity index is 448. The predicted molar refractivity (Wildman–Crippen MR) is 86.1 cm³/mol. The Hall–Kier alpha value is -0.440. The summed E-state index contributed by atoms with van der Waals surface area (Å²) in [5, 5.41) is 4.38. The molecule has 0 bridgehead atoms. The van der Waals surface area contributed by atoms with Gasteiger partial charge in [-0.05, 0) is 53.6 Å². The summed E-state index contributed by atoms with van der Waals surface area (Å²) in [7, 11) is 0. The SMILES string of the molecule is C#CCN1CCC(Nc2ccc(Cl)cc2I)CC1. The van der Waals surface area contributed by atoms with Crippen LogP contribution in [0.15, 0.2) is 18.2 Å². The van der Waals surface area contributed by atoms with Crippen LogP contribution >= 0.6 is 34.2 Å². The monoisotopic (exact) mass is 374 g/mol. The molecule has 2 rings (SSSR count). The molecule has 4 heteroatoms. The number of anilines is 1. The quantitative estimate of drug-likeness (QED) is 0.644. The molecule has 0 radical (unpaired) electrons. The maximum Gasteiger partial charge on any atom is 0.0598 e. The summed E-state index contributed by atoms with van der Waals surface area (Å²) in [6.45, 7) is 2.92. The van der Waals surface area contributed by atoms with Crippen LogP contribution in [0.1, 0.15) is 12.8 Å². The Morgan fingerprint density at radius 3 is 2.78 bits per heavy atom. The fraction of sp³-hybridized carbons (Fsp3) is 0.429. The zero-order chi connectivity index (χ0) is 13.0. The number of piperidine rings is 1. The molecule has 0 atom stereocenters. The summed E-state index contributed by atoms with van der Waals surface area (Å²) in [5.74, 6) is 2.71. The van der Waals surface area contributed by atoms with Crippen LogP contribution in [0.2, 0.25) is 5.02 Å². The van der Waals surface area contributed by atoms with Crippen molar-refractivity contribution >= 4 is 39.9 Å². The Labute approximate surface area is 127 Å². The standard InChI is InChI=1S/C14H16ClIN2/c1-2-7-18-8-5-12(6-9-18)17-14-4-3-11(15)10-13(14)16/h1,3-4,10,12,17H,5-9H2. The molecule has 0 unspecified atom stereocenters. The molecule has 1 aromatic rings. The number of hydrogen-bond acceptors (Lipinski definition) is 2. The van der Waals surface area contributed by atoms with Gasteiger partial charge in [0, 0.05) is 33.4 Å². The lowest BCUT2D eigenvalue weighted by Gasteiger charge is -2.31. The van der Waals surface area contributed by atoms with E-state index >= 15 is 0 Å². The van der Waals surface area contributed by atoms with Crippen LogP contribution in [-0.2, 0) is 0 Å². The summed E-state index contributed by atoms with van der Waals surface area (Å²) < 4.78 is 1.17. The summed E-state index contributed by atoms with van der Waals surface area (Å²) in [6.07, 6.45) is 7.61. The van der Waals surface area contributed by atoms with E-state index in [1.54, 1.807) is 0 Å². The normalized spacial score (nSPS) is 17.4. The highest BCUT2D eigenvalue weighted by Crippen LogP contribution is 2.24. The summed E-state index contributed by atoms with van der Waals surface area (Å²) >= 11 is 8.27. The number of nitrogens with one attached hydrogen (secondary N) is 1. The van der Waals surface area contributed by atoms with E-state index in [-0.39, 0.29) is 0 Å². The van der Waals surface area contributed by atoms with Gasteiger partial charge in [-0.25, -0.2) is 0 Å². The molecular formula is C14H16ClIN2. The van der Waals surface area contributed by atoms with Gasteiger partial charge in [-0.1, -0.05) is 17.5 Å². The van der Waals surface area contributed by atoms with Gasteiger partial charge in [0.25, 0.3) is 0 Å². The Morgan fingerprint density at radius 1 is 1.44 bits per heavy atom. The molecule has 0 aliphatic carbocycles. The van der Waals surface area contributed by atoms with Gasteiger partial charge in [0.05, 0.1) is 6.54 Å². The third-order valence-corrected chi connectivity index (χ3v) is 4.32. The van der Waals surface area contributed by atoms with Gasteiger partial charge < -0.3 is 5.32 Å². The first kappa shape index (κ1) is 14.0. The van der Waals surface area contributed by atoms with Crippen molar-refractivity contribution in [3.05, 3.63) is 26.8 Å². The van der Waals surface area contributed by atoms with Crippen LogP contribution in [0.4, 0.5) is 5.69 Å². The first-order chi connectivity index (χ1) is 8.69. The van der Waals surface area contributed by atoms with Gasteiger partial charge in [-0.2, -0.15) is 0 Å². The van der Waals surface area contributed by atoms with Crippen LogP contribution < -0.4 is 5.32 Å². The highest BCUT2D eigenvalue weighted by atomic mass is 127. The number of terminal acetylenes is 1. The lowest BCUT2D eigenvalue weighted by Crippen LogP contribution is -2.39. The third-order valence-electron chi connectivity index (χ3n) is 3.19. The zero-order valence-corrected chi connectivity index (χ0v) is 13.0. The van der Waals surface area contributed by atoms with E-state index in [9.17, 15) is 0 Å². The van der Waals surface area contributed by atoms with Crippen molar-refractivity contribution in [3.8, 4) is 12.3 Å². The summed E-state index contributed by atoms with van der Waals surface area (Å²) in [4.78, 5) is 2.32. The van der Waals surface area contributed by atoms with Crippen molar-refractivity contribution in [2.45, 2.75) is 18.9 Å². The second-order valence-corrected chi connectivity index (χ2v) is 6.12. The molecule has 0 spiro atoms. The summed E-state index contributed by atoms with van der Waals surface area (Å²) in [6, 6.07) is 6.50. The van der Waals surface area contributed by atoms with E-state index in [0.717, 1.165) is 37.5 Å². The molecule has 1 heterocycles. The van der Waals surface area contributed by atoms with Gasteiger partial charge in [0.1, 0.15) is 0 Å². The molecular weight excluding hydrogens is 359 g/mol. The fourth-order valence-electron chi connectivity index (χ4n) is 2.19. The minimum Gasteiger partial charge on any atom is -0.381 e. The molecule has 0 amide bonds. The Morgan fingerprint density at radius 2 is 2.17 bits per heavy atom. The van der Waals surface area contributed by atoms with E-state index in [1.807, 2.05) is 12.1 Å². The van der Waals surface area contributed by atoms with Gasteiger partial charge in [0.2, 0.25) is 0 Å². The maximum atomic E-state index is 5.96. The largest absolute Gasteiger partial charge is 0.381 e. The van der Waals surface area contributed by atoms with Crippen LogP contribution in [0, 0.1) is 15.9 Å². The van der Waals surface area contributed by atoms with E-state index in [2.05, 4.69) is 44.8 Å². The minimum absolute atomic E-state index is 0.536. The molecule has 96 valence electrons. The Kier molecular flexibility index (Phi) is 5.16. The van der Waals surface area contributed by atoms with Crippen molar-refractivity contribution in [1.29, 1.82) is 0 Å². The number of likely N-dealkylation sites (tertiary alicyclic amines) is 1. The van der Waals surface area contributed by atoms with Crippen LogP contribution in [0.25, 0.3) is 0 Å². The number of benzene rings is 1. The molecule has 18 heavy (non-hydrogen) atoms. The van der Waals surface area contributed by atoms with Gasteiger partial charge >= 0.3 is 0 Å². The first-order valence-electron chi connectivity index (χ1n) is 6.06. The van der Waals surface area contributed by atoms with Crippen molar-refractivity contribution in [2.75, 3.05) is 25.0 Å². The van der Waals surface area contributed by atoms with Gasteiger partial charge in [-0.15, -0.1) is 6.42 Å². The highest BCUT2D eigenvalue weighted by Gasteiger charge is 2.18. The second-order valence-electron chi connectivity index (χ2n) is 4.52. The first-order valence-corrected chi connectivity index (χ1v) is 7.52. The minimum atomic E-state index is 0.536. The van der Waals surface area contributed by atoms with E-state index < -0.39 is 0 Å². The van der Waals surface area contributed by atoms with E-state index in [4.69, 9.17) is 18.0 Å². The average molecular weight is 375 g/mol. The van der Waals surface area contributed by atoms with Gasteiger partial charge in [0.15, 0.2) is 0 Å². The average Bonchev–Trinajstić information content (AvgIpc) is 2.35. The molecule has 0 saturated carbocycles. The number of rotatable bonds is 3. The molecule has 1 aliphatic heterocycles. The smallest absolute Gasteiger partial charge is 0.0598 e. The lowest BCUT2D eigenvalue weighted by atomic mass is 10.0. The molecule has 1 aromatic carbocycles. The van der Waals surface area contributed by atoms with E-state index in [1.165, 1.54) is 9.26 Å². The Balaban J connectivity index is 1.90. The predicted octanol–water partition coefficient (Wildman–Crippen LogP) is 3.45. The molecule has 1 aliphatic rings. The van der Waals surface area contributed by atoms with Crippen LogP contribution in [-0.4, -0.2) is 30.6 Å². The molecule has 0 aromatic heterocycles. The number of halogens is 2. The maximum absolute atomic E-state index is 5.96.